The van der Waals surface area contributed by atoms with Crippen molar-refractivity contribution in [2.75, 3.05) is 0 Å². The molecule has 0 aliphatic rings. The first-order valence-corrected chi connectivity index (χ1v) is 6.94. The molecule has 0 aromatic heterocycles. The van der Waals surface area contributed by atoms with E-state index in [4.69, 9.17) is 0 Å². The highest BCUT2D eigenvalue weighted by molar-refractivity contribution is 5.47. The molecule has 0 atom stereocenters. The summed E-state index contributed by atoms with van der Waals surface area (Å²) in [5, 5.41) is 0. The van der Waals surface area contributed by atoms with Crippen LogP contribution in [-0.2, 0) is 6.42 Å². The topological polar surface area (TPSA) is 0 Å². The third kappa shape index (κ3) is 2.97. The molecule has 0 N–H and O–H groups in total. The molecule has 0 saturated carbocycles. The van der Waals surface area contributed by atoms with Crippen molar-refractivity contribution in [3.8, 4) is 0 Å². The Morgan fingerprint density at radius 1 is 0.500 bits per heavy atom. The van der Waals surface area contributed by atoms with Crippen LogP contribution in [0.5, 0.6) is 0 Å². The number of hydrogen-bond donors (Lipinski definition) is 0. The molecule has 0 amide bonds. The van der Waals surface area contributed by atoms with E-state index in [-0.39, 0.29) is 0 Å². The van der Waals surface area contributed by atoms with Gasteiger partial charge in [0, 0.05) is 5.92 Å². The van der Waals surface area contributed by atoms with E-state index < -0.39 is 0 Å². The van der Waals surface area contributed by atoms with Crippen LogP contribution in [0.4, 0.5) is 0 Å². The summed E-state index contributed by atoms with van der Waals surface area (Å²) < 4.78 is 0. The zero-order chi connectivity index (χ0) is 13.6. The highest BCUT2D eigenvalue weighted by atomic mass is 14.2. The van der Waals surface area contributed by atoms with E-state index in [0.29, 0.717) is 0 Å². The highest BCUT2D eigenvalue weighted by Gasteiger charge is 2.15. The van der Waals surface area contributed by atoms with Crippen molar-refractivity contribution in [1.29, 1.82) is 0 Å². The zero-order valence-electron chi connectivity index (χ0n) is 11.4. The first-order valence-electron chi connectivity index (χ1n) is 6.94. The second-order valence-corrected chi connectivity index (χ2v) is 4.87. The summed E-state index contributed by atoms with van der Waals surface area (Å²) in [6.07, 6.45) is 0.953. The number of hydrogen-bond acceptors (Lipinski definition) is 0. The van der Waals surface area contributed by atoms with E-state index in [1.165, 1.54) is 22.6 Å². The van der Waals surface area contributed by atoms with Crippen molar-refractivity contribution in [3.05, 3.63) is 114 Å². The molecule has 20 heavy (non-hydrogen) atoms. The van der Waals surface area contributed by atoms with Gasteiger partial charge in [0.15, 0.2) is 0 Å². The van der Waals surface area contributed by atoms with Gasteiger partial charge in [-0.3, -0.25) is 0 Å². The molecule has 0 bridgehead atoms. The molecule has 0 spiro atoms. The first kappa shape index (κ1) is 12.7. The molecule has 97 valence electrons. The van der Waals surface area contributed by atoms with Crippen molar-refractivity contribution < 1.29 is 0 Å². The average molecular weight is 257 g/mol. The van der Waals surface area contributed by atoms with Gasteiger partial charge in [0.25, 0.3) is 0 Å². The second kappa shape index (κ2) is 6.21. The van der Waals surface area contributed by atoms with Gasteiger partial charge in [-0.05, 0) is 23.1 Å². The van der Waals surface area contributed by atoms with Crippen LogP contribution >= 0.6 is 0 Å². The Labute approximate surface area is 120 Å². The summed E-state index contributed by atoms with van der Waals surface area (Å²) in [5.41, 5.74) is 3.93. The van der Waals surface area contributed by atoms with E-state index in [1.54, 1.807) is 0 Å². The lowest BCUT2D eigenvalue weighted by atomic mass is 9.86. The van der Waals surface area contributed by atoms with Gasteiger partial charge in [-0.1, -0.05) is 91.0 Å². The molecule has 0 aliphatic carbocycles. The van der Waals surface area contributed by atoms with Crippen LogP contribution in [0.15, 0.2) is 91.0 Å². The van der Waals surface area contributed by atoms with E-state index in [1.807, 2.05) is 0 Å². The van der Waals surface area contributed by atoms with Gasteiger partial charge in [-0.25, -0.2) is 0 Å². The lowest BCUT2D eigenvalue weighted by Crippen LogP contribution is -2.05. The summed E-state index contributed by atoms with van der Waals surface area (Å²) >= 11 is 0. The van der Waals surface area contributed by atoms with E-state index in [0.717, 1.165) is 6.42 Å². The van der Waals surface area contributed by atoms with Gasteiger partial charge in [-0.2, -0.15) is 0 Å². The fourth-order valence-electron chi connectivity index (χ4n) is 2.45. The maximum Gasteiger partial charge on any atom is 0.0383 e. The Balaban J connectivity index is 1.96. The number of benzene rings is 3. The fourth-order valence-corrected chi connectivity index (χ4v) is 2.45. The number of rotatable bonds is 4. The first-order chi connectivity index (χ1) is 9.93. The third-order valence-corrected chi connectivity index (χ3v) is 3.47. The SMILES string of the molecule is c1ccc(C[C](c2ccccc2)c2ccccc2)cc1. The quantitative estimate of drug-likeness (QED) is 0.623. The predicted octanol–water partition coefficient (Wildman–Crippen LogP) is 4.90. The standard InChI is InChI=1S/C20H17/c1-4-10-17(11-5-1)16-20(18-12-6-2-7-13-18)19-14-8-3-9-15-19/h1-15H,16H2. The minimum Gasteiger partial charge on any atom is -0.0622 e. The highest BCUT2D eigenvalue weighted by Crippen LogP contribution is 2.27. The smallest absolute Gasteiger partial charge is 0.0383 e. The zero-order valence-corrected chi connectivity index (χ0v) is 11.4. The van der Waals surface area contributed by atoms with Gasteiger partial charge < -0.3 is 0 Å². The van der Waals surface area contributed by atoms with Crippen LogP contribution in [0.2, 0.25) is 0 Å². The molecule has 0 unspecified atom stereocenters. The van der Waals surface area contributed by atoms with Gasteiger partial charge in [0.05, 0.1) is 0 Å². The second-order valence-electron chi connectivity index (χ2n) is 4.87. The summed E-state index contributed by atoms with van der Waals surface area (Å²) in [4.78, 5) is 0. The van der Waals surface area contributed by atoms with Gasteiger partial charge in [-0.15, -0.1) is 0 Å². The average Bonchev–Trinajstić information content (AvgIpc) is 2.55. The van der Waals surface area contributed by atoms with Gasteiger partial charge in [0.2, 0.25) is 0 Å². The molecule has 0 aliphatic heterocycles. The summed E-state index contributed by atoms with van der Waals surface area (Å²) in [6, 6.07) is 31.9. The van der Waals surface area contributed by atoms with E-state index in [9.17, 15) is 0 Å². The maximum absolute atomic E-state index is 2.19. The molecule has 0 nitrogen and oxygen atoms in total. The Hall–Kier alpha value is -2.34. The Kier molecular flexibility index (Phi) is 3.93. The predicted molar refractivity (Wildman–Crippen MR) is 84.5 cm³/mol. The molecule has 0 heterocycles. The van der Waals surface area contributed by atoms with Crippen LogP contribution in [0.3, 0.4) is 0 Å². The molecular formula is C20H17. The Morgan fingerprint density at radius 3 is 1.35 bits per heavy atom. The molecule has 1 radical (unpaired) electrons. The van der Waals surface area contributed by atoms with Gasteiger partial charge in [0.1, 0.15) is 0 Å². The summed E-state index contributed by atoms with van der Waals surface area (Å²) in [5.74, 6) is 1.37. The van der Waals surface area contributed by atoms with Crippen molar-refractivity contribution >= 4 is 0 Å². The van der Waals surface area contributed by atoms with E-state index in [2.05, 4.69) is 91.0 Å². The van der Waals surface area contributed by atoms with Gasteiger partial charge >= 0.3 is 0 Å². The van der Waals surface area contributed by atoms with E-state index >= 15 is 0 Å². The van der Waals surface area contributed by atoms with Crippen LogP contribution in [0.1, 0.15) is 16.7 Å². The monoisotopic (exact) mass is 257 g/mol. The lowest BCUT2D eigenvalue weighted by molar-refractivity contribution is 1.03. The fraction of sp³-hybridized carbons (Fsp3) is 0.0500. The van der Waals surface area contributed by atoms with Crippen LogP contribution in [-0.4, -0.2) is 0 Å². The largest absolute Gasteiger partial charge is 0.0622 e. The molecule has 0 heteroatoms. The summed E-state index contributed by atoms with van der Waals surface area (Å²) in [6.45, 7) is 0. The van der Waals surface area contributed by atoms with Crippen LogP contribution in [0, 0.1) is 5.92 Å². The van der Waals surface area contributed by atoms with Crippen LogP contribution < -0.4 is 0 Å². The summed E-state index contributed by atoms with van der Waals surface area (Å²) in [7, 11) is 0. The Bertz CT molecular complexity index is 587. The maximum atomic E-state index is 2.19. The van der Waals surface area contributed by atoms with Crippen molar-refractivity contribution in [2.45, 2.75) is 6.42 Å². The minimum atomic E-state index is 0.953. The molecule has 0 fully saturated rings. The normalized spacial score (nSPS) is 10.7. The lowest BCUT2D eigenvalue weighted by Gasteiger charge is -2.17. The minimum absolute atomic E-state index is 0.953. The van der Waals surface area contributed by atoms with Crippen molar-refractivity contribution in [1.82, 2.24) is 0 Å². The molecule has 0 saturated heterocycles. The molecule has 3 rings (SSSR count). The molecule has 3 aromatic carbocycles. The van der Waals surface area contributed by atoms with Crippen molar-refractivity contribution in [3.63, 3.8) is 0 Å². The molecule has 3 aromatic rings. The Morgan fingerprint density at radius 2 is 0.900 bits per heavy atom. The van der Waals surface area contributed by atoms with Crippen LogP contribution in [0.25, 0.3) is 0 Å². The molecular weight excluding hydrogens is 240 g/mol. The third-order valence-electron chi connectivity index (χ3n) is 3.47. The van der Waals surface area contributed by atoms with Crippen molar-refractivity contribution in [2.24, 2.45) is 0 Å².